The van der Waals surface area contributed by atoms with Crippen LogP contribution in [0, 0.1) is 26.2 Å². The summed E-state index contributed by atoms with van der Waals surface area (Å²) in [6.45, 7) is 5.69. The fraction of sp³-hybridized carbons (Fsp3) is 0.240. The summed E-state index contributed by atoms with van der Waals surface area (Å²) >= 11 is 7.08. The normalized spacial score (nSPS) is 14.3. The molecule has 0 unspecified atom stereocenters. The highest BCUT2D eigenvalue weighted by Gasteiger charge is 2.36. The molecule has 1 aliphatic heterocycles. The van der Waals surface area contributed by atoms with E-state index in [1.165, 1.54) is 6.08 Å². The van der Waals surface area contributed by atoms with E-state index in [1.54, 1.807) is 25.1 Å². The third-order valence-corrected chi connectivity index (χ3v) is 6.08. The van der Waals surface area contributed by atoms with Gasteiger partial charge in [0.2, 0.25) is 5.91 Å². The van der Waals surface area contributed by atoms with Crippen LogP contribution in [0.3, 0.4) is 0 Å². The first-order valence-electron chi connectivity index (χ1n) is 10.4. The van der Waals surface area contributed by atoms with E-state index >= 15 is 0 Å². The molecule has 7 nitrogen and oxygen atoms in total. The van der Waals surface area contributed by atoms with Gasteiger partial charge >= 0.3 is 0 Å². The summed E-state index contributed by atoms with van der Waals surface area (Å²) in [4.78, 5) is 38.8. The van der Waals surface area contributed by atoms with E-state index in [1.807, 2.05) is 26.0 Å². The Labute approximate surface area is 207 Å². The maximum atomic E-state index is 12.8. The van der Waals surface area contributed by atoms with Gasteiger partial charge in [0.05, 0.1) is 16.5 Å². The Kier molecular flexibility index (Phi) is 8.26. The molecule has 1 N–H and O–H groups in total. The van der Waals surface area contributed by atoms with E-state index in [-0.39, 0.29) is 16.5 Å². The number of ether oxygens (including phenoxy) is 2. The quantitative estimate of drug-likeness (QED) is 0.405. The molecule has 0 atom stereocenters. The molecule has 1 fully saturated rings. The van der Waals surface area contributed by atoms with E-state index in [0.717, 1.165) is 27.8 Å². The van der Waals surface area contributed by atoms with Gasteiger partial charge in [-0.05, 0) is 79.6 Å². The van der Waals surface area contributed by atoms with Gasteiger partial charge in [-0.3, -0.25) is 19.3 Å². The maximum absolute atomic E-state index is 12.8. The maximum Gasteiger partial charge on any atom is 0.294 e. The summed E-state index contributed by atoms with van der Waals surface area (Å²) < 4.78 is 11.0. The molecule has 1 aliphatic rings. The minimum absolute atomic E-state index is 0.0161. The molecule has 34 heavy (non-hydrogen) atoms. The van der Waals surface area contributed by atoms with Crippen molar-refractivity contribution >= 4 is 52.2 Å². The van der Waals surface area contributed by atoms with E-state index in [9.17, 15) is 14.4 Å². The largest absolute Gasteiger partial charge is 0.490 e. The summed E-state index contributed by atoms with van der Waals surface area (Å²) in [5.74, 6) is 2.00. The summed E-state index contributed by atoms with van der Waals surface area (Å²) in [6.07, 6.45) is 6.77. The molecule has 0 spiro atoms. The third kappa shape index (κ3) is 5.93. The van der Waals surface area contributed by atoms with Crippen molar-refractivity contribution in [1.29, 1.82) is 0 Å². The molecule has 0 aliphatic carbocycles. The van der Waals surface area contributed by atoms with E-state index in [0.29, 0.717) is 29.4 Å². The lowest BCUT2D eigenvalue weighted by Crippen LogP contribution is -2.36. The molecule has 2 aromatic carbocycles. The van der Waals surface area contributed by atoms with Gasteiger partial charge in [-0.1, -0.05) is 23.6 Å². The standard InChI is InChI=1S/C25H23ClN2O5S/c1-5-9-33-23-19(26)11-17(12-20(23)32-6-2)13-21-24(30)28(25(31)34-21)14-22(29)27-18-8-7-15(3)16(4)10-18/h1,7-8,10-13H,6,9,14H2,2-4H3,(H,27,29)/b21-13+. The number of carbonyl (C=O) groups is 3. The van der Waals surface area contributed by atoms with Gasteiger partial charge in [-0.25, -0.2) is 0 Å². The van der Waals surface area contributed by atoms with E-state index in [2.05, 4.69) is 11.2 Å². The minimum atomic E-state index is -0.563. The van der Waals surface area contributed by atoms with Crippen molar-refractivity contribution in [2.45, 2.75) is 20.8 Å². The molecule has 3 rings (SSSR count). The summed E-state index contributed by atoms with van der Waals surface area (Å²) in [5.41, 5.74) is 3.25. The number of rotatable bonds is 8. The lowest BCUT2D eigenvalue weighted by molar-refractivity contribution is -0.127. The molecule has 2 aromatic rings. The van der Waals surface area contributed by atoms with Crippen LogP contribution in [0.25, 0.3) is 6.08 Å². The van der Waals surface area contributed by atoms with Crippen molar-refractivity contribution in [2.24, 2.45) is 0 Å². The first-order valence-corrected chi connectivity index (χ1v) is 11.6. The topological polar surface area (TPSA) is 84.9 Å². The molecule has 0 saturated carbocycles. The average molecular weight is 499 g/mol. The number of imide groups is 1. The van der Waals surface area contributed by atoms with Crippen LogP contribution in [0.4, 0.5) is 10.5 Å². The van der Waals surface area contributed by atoms with Gasteiger partial charge in [-0.15, -0.1) is 6.42 Å². The van der Waals surface area contributed by atoms with Crippen molar-refractivity contribution < 1.29 is 23.9 Å². The fourth-order valence-electron chi connectivity index (χ4n) is 3.14. The summed E-state index contributed by atoms with van der Waals surface area (Å²) in [5, 5.41) is 2.44. The zero-order valence-corrected chi connectivity index (χ0v) is 20.5. The SMILES string of the molecule is C#CCOc1c(Cl)cc(/C=C2/SC(=O)N(CC(=O)Nc3ccc(C)c(C)c3)C2=O)cc1OCC. The lowest BCUT2D eigenvalue weighted by Gasteiger charge is -2.14. The molecule has 9 heteroatoms. The number of nitrogens with zero attached hydrogens (tertiary/aromatic N) is 1. The molecular weight excluding hydrogens is 476 g/mol. The average Bonchev–Trinajstić information content (AvgIpc) is 3.03. The first-order chi connectivity index (χ1) is 16.2. The van der Waals surface area contributed by atoms with Crippen LogP contribution in [0.5, 0.6) is 11.5 Å². The number of benzene rings is 2. The van der Waals surface area contributed by atoms with Gasteiger partial charge in [-0.2, -0.15) is 0 Å². The monoisotopic (exact) mass is 498 g/mol. The molecular formula is C25H23ClN2O5S. The van der Waals surface area contributed by atoms with Crippen LogP contribution >= 0.6 is 23.4 Å². The minimum Gasteiger partial charge on any atom is -0.490 e. The second-order valence-electron chi connectivity index (χ2n) is 7.37. The van der Waals surface area contributed by atoms with Crippen LogP contribution in [-0.2, 0) is 9.59 Å². The van der Waals surface area contributed by atoms with Crippen molar-refractivity contribution in [1.82, 2.24) is 4.90 Å². The van der Waals surface area contributed by atoms with E-state index < -0.39 is 23.6 Å². The Hall–Kier alpha value is -3.41. The number of anilines is 1. The number of nitrogens with one attached hydrogen (secondary N) is 1. The van der Waals surface area contributed by atoms with Crippen molar-refractivity contribution in [3.8, 4) is 23.8 Å². The van der Waals surface area contributed by atoms with Gasteiger partial charge in [0, 0.05) is 5.69 Å². The zero-order valence-electron chi connectivity index (χ0n) is 18.9. The predicted octanol–water partition coefficient (Wildman–Crippen LogP) is 5.04. The molecule has 3 amide bonds. The van der Waals surface area contributed by atoms with Crippen LogP contribution in [-0.4, -0.2) is 41.7 Å². The highest BCUT2D eigenvalue weighted by atomic mass is 35.5. The smallest absolute Gasteiger partial charge is 0.294 e. The number of hydrogen-bond acceptors (Lipinski definition) is 6. The number of aryl methyl sites for hydroxylation is 2. The Bertz CT molecular complexity index is 1220. The molecule has 0 radical (unpaired) electrons. The number of terminal acetylenes is 1. The van der Waals surface area contributed by atoms with E-state index in [4.69, 9.17) is 27.5 Å². The highest BCUT2D eigenvalue weighted by Crippen LogP contribution is 2.39. The van der Waals surface area contributed by atoms with Crippen LogP contribution in [0.2, 0.25) is 5.02 Å². The second kappa shape index (κ2) is 11.1. The van der Waals surface area contributed by atoms with Crippen LogP contribution in [0.1, 0.15) is 23.6 Å². The number of carbonyl (C=O) groups excluding carboxylic acids is 3. The Morgan fingerprint density at radius 2 is 1.97 bits per heavy atom. The molecule has 176 valence electrons. The number of amides is 3. The first kappa shape index (κ1) is 25.2. The Morgan fingerprint density at radius 1 is 1.21 bits per heavy atom. The number of halogens is 1. The van der Waals surface area contributed by atoms with Gasteiger partial charge < -0.3 is 14.8 Å². The fourth-order valence-corrected chi connectivity index (χ4v) is 4.25. The van der Waals surface area contributed by atoms with Crippen LogP contribution in [0.15, 0.2) is 35.2 Å². The van der Waals surface area contributed by atoms with Crippen molar-refractivity contribution in [3.05, 3.63) is 56.9 Å². The highest BCUT2D eigenvalue weighted by molar-refractivity contribution is 8.18. The predicted molar refractivity (Wildman–Crippen MR) is 134 cm³/mol. The Morgan fingerprint density at radius 3 is 2.65 bits per heavy atom. The number of thioether (sulfide) groups is 1. The second-order valence-corrected chi connectivity index (χ2v) is 8.77. The number of hydrogen-bond donors (Lipinski definition) is 1. The molecule has 0 aromatic heterocycles. The van der Waals surface area contributed by atoms with Crippen molar-refractivity contribution in [3.63, 3.8) is 0 Å². The summed E-state index contributed by atoms with van der Waals surface area (Å²) in [7, 11) is 0. The van der Waals surface area contributed by atoms with Crippen LogP contribution < -0.4 is 14.8 Å². The molecule has 0 bridgehead atoms. The third-order valence-electron chi connectivity index (χ3n) is 4.90. The Balaban J connectivity index is 1.76. The lowest BCUT2D eigenvalue weighted by atomic mass is 10.1. The van der Waals surface area contributed by atoms with Gasteiger partial charge in [0.15, 0.2) is 11.5 Å². The van der Waals surface area contributed by atoms with Crippen molar-refractivity contribution in [2.75, 3.05) is 25.1 Å². The van der Waals surface area contributed by atoms with Gasteiger partial charge in [0.25, 0.3) is 11.1 Å². The zero-order chi connectivity index (χ0) is 24.8. The summed E-state index contributed by atoms with van der Waals surface area (Å²) in [6, 6.07) is 8.71. The molecule has 1 saturated heterocycles. The molecule has 1 heterocycles. The van der Waals surface area contributed by atoms with Gasteiger partial charge in [0.1, 0.15) is 13.2 Å².